The predicted molar refractivity (Wildman–Crippen MR) is 60.0 cm³/mol. The van der Waals surface area contributed by atoms with Crippen LogP contribution in [-0.2, 0) is 4.79 Å². The molecular weight excluding hydrogens is 206 g/mol. The number of likely N-dealkylation sites (tertiary alicyclic amines) is 1. The first-order valence-electron chi connectivity index (χ1n) is 6.28. The molecule has 0 amide bonds. The third-order valence-corrected chi connectivity index (χ3v) is 3.77. The third kappa shape index (κ3) is 2.81. The Morgan fingerprint density at radius 1 is 1.06 bits per heavy atom. The lowest BCUT2D eigenvalue weighted by atomic mass is 9.86. The second-order valence-electron chi connectivity index (χ2n) is 5.13. The Morgan fingerprint density at radius 3 is 2.19 bits per heavy atom. The van der Waals surface area contributed by atoms with Gasteiger partial charge in [-0.1, -0.05) is 19.3 Å². The number of β-amino-alcohol motifs (C(OH)–C–C–N with tert-alkyl or cyclic N) is 2. The fourth-order valence-corrected chi connectivity index (χ4v) is 2.75. The maximum absolute atomic E-state index is 12.0. The van der Waals surface area contributed by atoms with Crippen molar-refractivity contribution in [1.82, 2.24) is 4.90 Å². The summed E-state index contributed by atoms with van der Waals surface area (Å²) >= 11 is 0. The molecule has 0 aromatic rings. The van der Waals surface area contributed by atoms with E-state index in [0.29, 0.717) is 25.4 Å². The number of carbonyl (C=O) groups is 1. The van der Waals surface area contributed by atoms with Crippen molar-refractivity contribution in [2.45, 2.75) is 44.3 Å². The zero-order valence-electron chi connectivity index (χ0n) is 9.64. The molecule has 1 saturated heterocycles. The summed E-state index contributed by atoms with van der Waals surface area (Å²) in [5.41, 5.74) is 0. The second kappa shape index (κ2) is 5.25. The lowest BCUT2D eigenvalue weighted by molar-refractivity contribution is -0.124. The van der Waals surface area contributed by atoms with E-state index in [-0.39, 0.29) is 5.92 Å². The van der Waals surface area contributed by atoms with E-state index in [9.17, 15) is 15.0 Å². The second-order valence-corrected chi connectivity index (χ2v) is 5.13. The van der Waals surface area contributed by atoms with Crippen LogP contribution in [0.5, 0.6) is 0 Å². The Balaban J connectivity index is 1.78. The zero-order valence-corrected chi connectivity index (χ0v) is 9.64. The van der Waals surface area contributed by atoms with Gasteiger partial charge < -0.3 is 10.2 Å². The highest BCUT2D eigenvalue weighted by molar-refractivity contribution is 5.83. The van der Waals surface area contributed by atoms with Gasteiger partial charge in [-0.25, -0.2) is 0 Å². The average molecular weight is 227 g/mol. The summed E-state index contributed by atoms with van der Waals surface area (Å²) in [6.45, 7) is 1.26. The van der Waals surface area contributed by atoms with Crippen molar-refractivity contribution in [3.63, 3.8) is 0 Å². The molecule has 2 rings (SSSR count). The van der Waals surface area contributed by atoms with Crippen molar-refractivity contribution in [2.75, 3.05) is 19.6 Å². The number of aliphatic hydroxyl groups excluding tert-OH is 2. The number of ketones is 1. The Morgan fingerprint density at radius 2 is 1.62 bits per heavy atom. The highest BCUT2D eigenvalue weighted by atomic mass is 16.3. The molecule has 2 aliphatic rings. The van der Waals surface area contributed by atoms with Crippen LogP contribution in [0, 0.1) is 5.92 Å². The van der Waals surface area contributed by atoms with E-state index in [4.69, 9.17) is 0 Å². The lowest BCUT2D eigenvalue weighted by Gasteiger charge is -2.23. The minimum Gasteiger partial charge on any atom is -0.389 e. The van der Waals surface area contributed by atoms with Crippen molar-refractivity contribution in [2.24, 2.45) is 5.92 Å². The molecule has 1 aliphatic carbocycles. The topological polar surface area (TPSA) is 60.8 Å². The van der Waals surface area contributed by atoms with E-state index >= 15 is 0 Å². The third-order valence-electron chi connectivity index (χ3n) is 3.77. The Hall–Kier alpha value is -0.450. The van der Waals surface area contributed by atoms with Crippen molar-refractivity contribution in [3.05, 3.63) is 0 Å². The Kier molecular flexibility index (Phi) is 3.95. The summed E-state index contributed by atoms with van der Waals surface area (Å²) < 4.78 is 0. The van der Waals surface area contributed by atoms with Gasteiger partial charge in [0.1, 0.15) is 5.78 Å². The molecule has 2 unspecified atom stereocenters. The van der Waals surface area contributed by atoms with Crippen molar-refractivity contribution >= 4 is 5.78 Å². The molecule has 0 aromatic carbocycles. The largest absolute Gasteiger partial charge is 0.389 e. The molecule has 16 heavy (non-hydrogen) atoms. The fraction of sp³-hybridized carbons (Fsp3) is 0.917. The van der Waals surface area contributed by atoms with Crippen molar-refractivity contribution in [1.29, 1.82) is 0 Å². The molecule has 1 saturated carbocycles. The Bertz CT molecular complexity index is 241. The standard InChI is InChI=1S/C12H21NO3/c14-10(9-4-2-1-3-5-9)6-13-7-11(15)12(16)8-13/h9,11-12,15-16H,1-8H2. The quantitative estimate of drug-likeness (QED) is 0.721. The van der Waals surface area contributed by atoms with Crippen LogP contribution in [0.25, 0.3) is 0 Å². The van der Waals surface area contributed by atoms with Crippen LogP contribution in [0.2, 0.25) is 0 Å². The summed E-state index contributed by atoms with van der Waals surface area (Å²) in [5, 5.41) is 18.8. The van der Waals surface area contributed by atoms with E-state index in [0.717, 1.165) is 12.8 Å². The number of carbonyl (C=O) groups excluding carboxylic acids is 1. The van der Waals surface area contributed by atoms with Gasteiger partial charge in [-0.05, 0) is 12.8 Å². The van der Waals surface area contributed by atoms with Gasteiger partial charge in [0.2, 0.25) is 0 Å². The zero-order chi connectivity index (χ0) is 11.5. The normalized spacial score (nSPS) is 33.1. The summed E-state index contributed by atoms with van der Waals surface area (Å²) in [4.78, 5) is 13.8. The van der Waals surface area contributed by atoms with E-state index in [1.54, 1.807) is 0 Å². The molecule has 2 N–H and O–H groups in total. The summed E-state index contributed by atoms with van der Waals surface area (Å²) in [6.07, 6.45) is 4.28. The fourth-order valence-electron chi connectivity index (χ4n) is 2.75. The number of rotatable bonds is 3. The van der Waals surface area contributed by atoms with Crippen LogP contribution in [0.15, 0.2) is 0 Å². The van der Waals surface area contributed by atoms with Gasteiger partial charge in [-0.3, -0.25) is 9.69 Å². The molecule has 0 radical (unpaired) electrons. The molecule has 0 bridgehead atoms. The van der Waals surface area contributed by atoms with Crippen LogP contribution in [0.3, 0.4) is 0 Å². The number of hydrogen-bond donors (Lipinski definition) is 2. The van der Waals surface area contributed by atoms with E-state index in [1.165, 1.54) is 19.3 Å². The number of aliphatic hydroxyl groups is 2. The van der Waals surface area contributed by atoms with Crippen LogP contribution >= 0.6 is 0 Å². The molecule has 4 heteroatoms. The van der Waals surface area contributed by atoms with Crippen molar-refractivity contribution in [3.8, 4) is 0 Å². The molecule has 1 heterocycles. The van der Waals surface area contributed by atoms with Crippen molar-refractivity contribution < 1.29 is 15.0 Å². The molecular formula is C12H21NO3. The number of nitrogens with zero attached hydrogens (tertiary/aromatic N) is 1. The van der Waals surface area contributed by atoms with Gasteiger partial charge in [-0.15, -0.1) is 0 Å². The maximum Gasteiger partial charge on any atom is 0.149 e. The maximum atomic E-state index is 12.0. The SMILES string of the molecule is O=C(CN1CC(O)C(O)C1)C1CCCCC1. The molecule has 1 aliphatic heterocycles. The van der Waals surface area contributed by atoms with Gasteiger partial charge in [0.25, 0.3) is 0 Å². The first-order chi connectivity index (χ1) is 7.66. The van der Waals surface area contributed by atoms with E-state index in [2.05, 4.69) is 0 Å². The molecule has 2 fully saturated rings. The van der Waals surface area contributed by atoms with E-state index in [1.807, 2.05) is 4.90 Å². The monoisotopic (exact) mass is 227 g/mol. The van der Waals surface area contributed by atoms with Crippen LogP contribution in [-0.4, -0.2) is 52.7 Å². The summed E-state index contributed by atoms with van der Waals surface area (Å²) in [5.74, 6) is 0.518. The Labute approximate surface area is 96.3 Å². The highest BCUT2D eigenvalue weighted by Crippen LogP contribution is 2.25. The molecule has 0 aromatic heterocycles. The summed E-state index contributed by atoms with van der Waals surface area (Å²) in [6, 6.07) is 0. The highest BCUT2D eigenvalue weighted by Gasteiger charge is 2.32. The average Bonchev–Trinajstić information content (AvgIpc) is 2.59. The van der Waals surface area contributed by atoms with Gasteiger partial charge >= 0.3 is 0 Å². The molecule has 92 valence electrons. The predicted octanol–water partition coefficient (Wildman–Crippen LogP) is 0.173. The van der Waals surface area contributed by atoms with Gasteiger partial charge in [0, 0.05) is 19.0 Å². The van der Waals surface area contributed by atoms with Gasteiger partial charge in [0.05, 0.1) is 18.8 Å². The van der Waals surface area contributed by atoms with E-state index < -0.39 is 12.2 Å². The first kappa shape index (κ1) is 12.0. The summed E-state index contributed by atoms with van der Waals surface area (Å²) in [7, 11) is 0. The number of hydrogen-bond acceptors (Lipinski definition) is 4. The molecule has 0 spiro atoms. The number of Topliss-reactive ketones (excluding diaryl/α,β-unsaturated/α-hetero) is 1. The van der Waals surface area contributed by atoms with Crippen LogP contribution in [0.4, 0.5) is 0 Å². The smallest absolute Gasteiger partial charge is 0.149 e. The minimum atomic E-state index is -0.681. The molecule has 2 atom stereocenters. The molecule has 4 nitrogen and oxygen atoms in total. The minimum absolute atomic E-state index is 0.226. The van der Waals surface area contributed by atoms with Crippen LogP contribution < -0.4 is 0 Å². The van der Waals surface area contributed by atoms with Gasteiger partial charge in [-0.2, -0.15) is 0 Å². The van der Waals surface area contributed by atoms with Crippen LogP contribution in [0.1, 0.15) is 32.1 Å². The van der Waals surface area contributed by atoms with Gasteiger partial charge in [0.15, 0.2) is 0 Å². The lowest BCUT2D eigenvalue weighted by Crippen LogP contribution is -2.33. The first-order valence-corrected chi connectivity index (χ1v) is 6.28.